The molecule has 226 valence electrons. The molecule has 0 unspecified atom stereocenters. The number of thiazole rings is 1. The number of rotatable bonds is 7. The normalized spacial score (nSPS) is 14.6. The van der Waals surface area contributed by atoms with E-state index in [1.165, 1.54) is 10.6 Å². The Morgan fingerprint density at radius 1 is 1.09 bits per heavy atom. The van der Waals surface area contributed by atoms with Gasteiger partial charge in [0.2, 0.25) is 0 Å². The van der Waals surface area contributed by atoms with Gasteiger partial charge in [-0.15, -0.1) is 0 Å². The van der Waals surface area contributed by atoms with Gasteiger partial charge in [0.1, 0.15) is 22.3 Å². The number of aromatic nitrogens is 1. The molecule has 0 saturated heterocycles. The number of methoxy groups -OCH3 is 1. The fourth-order valence-corrected chi connectivity index (χ4v) is 6.51. The number of furan rings is 1. The Balaban J connectivity index is 1.43. The standard InChI is InChI=1S/C32H22Cl2N4O6S/c1-17-28(30(39)36-19-6-4-3-5-7-19)29(18-8-10-20(43-2)11-9-18)37-31(40)27(45-32(37)35-17)14-21-12-13-26(44-21)22-15-24(34)25(38(41)42)16-23(22)33/h3-16,29H,1-2H3,(H,36,39)/b27-14+/t29-/m1/s1. The molecule has 1 aliphatic heterocycles. The first-order valence-corrected chi connectivity index (χ1v) is 15.0. The Morgan fingerprint density at radius 2 is 1.82 bits per heavy atom. The van der Waals surface area contributed by atoms with Gasteiger partial charge in [0.15, 0.2) is 4.80 Å². The minimum Gasteiger partial charge on any atom is -0.497 e. The Morgan fingerprint density at radius 3 is 2.51 bits per heavy atom. The molecular formula is C32H22Cl2N4O6S. The molecule has 1 N–H and O–H groups in total. The van der Waals surface area contributed by atoms with Gasteiger partial charge < -0.3 is 14.5 Å². The average Bonchev–Trinajstić information content (AvgIpc) is 3.61. The van der Waals surface area contributed by atoms with Crippen molar-refractivity contribution in [3.8, 4) is 17.1 Å². The molecule has 1 atom stereocenters. The van der Waals surface area contributed by atoms with Crippen LogP contribution in [0.4, 0.5) is 11.4 Å². The van der Waals surface area contributed by atoms with Crippen LogP contribution in [-0.2, 0) is 4.79 Å². The number of carbonyl (C=O) groups excluding carboxylic acids is 1. The van der Waals surface area contributed by atoms with E-state index in [2.05, 4.69) is 10.3 Å². The predicted octanol–water partition coefficient (Wildman–Crippen LogP) is 6.36. The molecule has 0 saturated carbocycles. The summed E-state index contributed by atoms with van der Waals surface area (Å²) < 4.78 is 13.1. The molecule has 0 radical (unpaired) electrons. The quantitative estimate of drug-likeness (QED) is 0.160. The number of nitro benzene ring substituents is 1. The number of hydrogen-bond acceptors (Lipinski definition) is 8. The number of ether oxygens (including phenoxy) is 1. The highest BCUT2D eigenvalue weighted by molar-refractivity contribution is 7.07. The number of halogens is 2. The Labute approximate surface area is 269 Å². The Bertz CT molecular complexity index is 2190. The van der Waals surface area contributed by atoms with Crippen molar-refractivity contribution in [1.82, 2.24) is 4.57 Å². The van der Waals surface area contributed by atoms with Gasteiger partial charge in [-0.1, -0.05) is 64.9 Å². The lowest BCUT2D eigenvalue weighted by Crippen LogP contribution is -2.40. The molecular weight excluding hydrogens is 639 g/mol. The number of para-hydroxylation sites is 1. The van der Waals surface area contributed by atoms with Crippen molar-refractivity contribution >= 4 is 57.9 Å². The van der Waals surface area contributed by atoms with Gasteiger partial charge in [0, 0.05) is 23.4 Å². The maximum Gasteiger partial charge on any atom is 0.289 e. The molecule has 0 spiro atoms. The van der Waals surface area contributed by atoms with Crippen molar-refractivity contribution in [1.29, 1.82) is 0 Å². The molecule has 0 aliphatic carbocycles. The van der Waals surface area contributed by atoms with E-state index in [0.717, 1.165) is 17.4 Å². The summed E-state index contributed by atoms with van der Waals surface area (Å²) in [5.41, 5.74) is 1.77. The summed E-state index contributed by atoms with van der Waals surface area (Å²) in [5.74, 6) is 0.888. The number of carbonyl (C=O) groups is 1. The first-order valence-electron chi connectivity index (χ1n) is 13.4. The molecule has 45 heavy (non-hydrogen) atoms. The third-order valence-corrected chi connectivity index (χ3v) is 8.73. The molecule has 13 heteroatoms. The number of allylic oxidation sites excluding steroid dienone is 1. The number of amides is 1. The number of nitrogens with one attached hydrogen (secondary N) is 1. The van der Waals surface area contributed by atoms with Crippen LogP contribution in [0.5, 0.6) is 5.75 Å². The second-order valence-electron chi connectivity index (χ2n) is 9.92. The summed E-state index contributed by atoms with van der Waals surface area (Å²) in [6.45, 7) is 1.74. The molecule has 10 nitrogen and oxygen atoms in total. The topological polar surface area (TPSA) is 129 Å². The molecule has 0 bridgehead atoms. The summed E-state index contributed by atoms with van der Waals surface area (Å²) in [7, 11) is 1.56. The summed E-state index contributed by atoms with van der Waals surface area (Å²) in [6.07, 6.45) is 1.57. The summed E-state index contributed by atoms with van der Waals surface area (Å²) in [5, 5.41) is 14.1. The van der Waals surface area contributed by atoms with Crippen LogP contribution in [0.3, 0.4) is 0 Å². The lowest BCUT2D eigenvalue weighted by molar-refractivity contribution is -0.384. The van der Waals surface area contributed by atoms with Gasteiger partial charge in [0.25, 0.3) is 17.2 Å². The van der Waals surface area contributed by atoms with Gasteiger partial charge in [-0.05, 0) is 55.0 Å². The minimum absolute atomic E-state index is 0.0858. The molecule has 1 amide bonds. The van der Waals surface area contributed by atoms with E-state index in [1.807, 2.05) is 30.3 Å². The van der Waals surface area contributed by atoms with Gasteiger partial charge in [0.05, 0.1) is 38.9 Å². The monoisotopic (exact) mass is 660 g/mol. The average molecular weight is 662 g/mol. The smallest absolute Gasteiger partial charge is 0.289 e. The van der Waals surface area contributed by atoms with E-state index in [1.54, 1.807) is 56.5 Å². The number of hydrogen-bond donors (Lipinski definition) is 1. The van der Waals surface area contributed by atoms with E-state index < -0.39 is 11.0 Å². The molecule has 2 aromatic heterocycles. The maximum atomic E-state index is 14.0. The van der Waals surface area contributed by atoms with Crippen LogP contribution in [0, 0.1) is 10.1 Å². The number of nitro groups is 1. The van der Waals surface area contributed by atoms with E-state index in [9.17, 15) is 19.7 Å². The van der Waals surface area contributed by atoms with Crippen LogP contribution < -0.4 is 24.9 Å². The summed E-state index contributed by atoms with van der Waals surface area (Å²) >= 11 is 13.5. The molecule has 1 aliphatic rings. The van der Waals surface area contributed by atoms with Gasteiger partial charge in [-0.2, -0.15) is 0 Å². The Kier molecular flexibility index (Phi) is 8.15. The largest absolute Gasteiger partial charge is 0.497 e. The first-order chi connectivity index (χ1) is 21.6. The SMILES string of the molecule is COc1ccc([C@@H]2C(C(=O)Nc3ccccc3)=C(C)N=c3s/c(=C/c4ccc(-c5cc(Cl)c([N+](=O)[O-])cc5Cl)o4)c(=O)n32)cc1. The zero-order chi connectivity index (χ0) is 31.8. The molecule has 3 aromatic carbocycles. The van der Waals surface area contributed by atoms with E-state index in [4.69, 9.17) is 32.4 Å². The third-order valence-electron chi connectivity index (χ3n) is 7.13. The van der Waals surface area contributed by atoms with Gasteiger partial charge in [-0.25, -0.2) is 4.99 Å². The molecule has 5 aromatic rings. The lowest BCUT2D eigenvalue weighted by atomic mass is 9.95. The number of nitrogens with zero attached hydrogens (tertiary/aromatic N) is 3. The zero-order valence-corrected chi connectivity index (χ0v) is 25.9. The highest BCUT2D eigenvalue weighted by Gasteiger charge is 2.32. The van der Waals surface area contributed by atoms with Crippen molar-refractivity contribution in [2.75, 3.05) is 12.4 Å². The fraction of sp³-hybridized carbons (Fsp3) is 0.0938. The van der Waals surface area contributed by atoms with Crippen molar-refractivity contribution < 1.29 is 18.9 Å². The van der Waals surface area contributed by atoms with E-state index in [-0.39, 0.29) is 27.2 Å². The minimum atomic E-state index is -0.772. The Hall–Kier alpha value is -4.97. The van der Waals surface area contributed by atoms with E-state index in [0.29, 0.717) is 54.7 Å². The van der Waals surface area contributed by atoms with Crippen molar-refractivity contribution in [3.63, 3.8) is 0 Å². The van der Waals surface area contributed by atoms with Crippen LogP contribution in [0.25, 0.3) is 17.4 Å². The van der Waals surface area contributed by atoms with Crippen LogP contribution >= 0.6 is 34.5 Å². The number of anilines is 1. The van der Waals surface area contributed by atoms with Crippen LogP contribution in [0.15, 0.2) is 104 Å². The molecule has 3 heterocycles. The summed E-state index contributed by atoms with van der Waals surface area (Å²) in [4.78, 5) is 43.4. The lowest BCUT2D eigenvalue weighted by Gasteiger charge is -2.25. The number of benzene rings is 3. The van der Waals surface area contributed by atoms with Crippen LogP contribution in [-0.4, -0.2) is 22.5 Å². The molecule has 0 fully saturated rings. The highest BCUT2D eigenvalue weighted by atomic mass is 35.5. The van der Waals surface area contributed by atoms with Crippen molar-refractivity contribution in [2.24, 2.45) is 4.99 Å². The highest BCUT2D eigenvalue weighted by Crippen LogP contribution is 2.37. The first kappa shape index (κ1) is 30.1. The number of fused-ring (bicyclic) bond motifs is 1. The van der Waals surface area contributed by atoms with Crippen LogP contribution in [0.1, 0.15) is 24.3 Å². The second-order valence-corrected chi connectivity index (χ2v) is 11.7. The third kappa shape index (κ3) is 5.80. The fourth-order valence-electron chi connectivity index (χ4n) is 5.00. The maximum absolute atomic E-state index is 14.0. The summed E-state index contributed by atoms with van der Waals surface area (Å²) in [6, 6.07) is 21.2. The van der Waals surface area contributed by atoms with Gasteiger partial charge >= 0.3 is 0 Å². The zero-order valence-electron chi connectivity index (χ0n) is 23.6. The molecule has 6 rings (SSSR count). The second kappa shape index (κ2) is 12.2. The van der Waals surface area contributed by atoms with Crippen molar-refractivity contribution in [3.05, 3.63) is 141 Å². The van der Waals surface area contributed by atoms with Crippen molar-refractivity contribution in [2.45, 2.75) is 13.0 Å². The van der Waals surface area contributed by atoms with Crippen LogP contribution in [0.2, 0.25) is 10.0 Å². The van der Waals surface area contributed by atoms with Gasteiger partial charge in [-0.3, -0.25) is 24.3 Å². The predicted molar refractivity (Wildman–Crippen MR) is 173 cm³/mol. The van der Waals surface area contributed by atoms with E-state index >= 15 is 0 Å².